The average Bonchev–Trinajstić information content (AvgIpc) is 2.39. The first-order chi connectivity index (χ1) is 9.05. The van der Waals surface area contributed by atoms with E-state index in [1.165, 1.54) is 11.8 Å². The van der Waals surface area contributed by atoms with Crippen LogP contribution in [0, 0.1) is 0 Å². The Balaban J connectivity index is 1.97. The maximum atomic E-state index is 11.9. The Morgan fingerprint density at radius 1 is 1.11 bits per heavy atom. The van der Waals surface area contributed by atoms with E-state index in [-0.39, 0.29) is 6.04 Å². The molecule has 5 heteroatoms. The maximum Gasteiger partial charge on any atom is 0.233 e. The molecule has 1 aromatic carbocycles. The van der Waals surface area contributed by atoms with E-state index in [1.807, 2.05) is 24.3 Å². The lowest BCUT2D eigenvalue weighted by Crippen LogP contribution is -2.34. The highest BCUT2D eigenvalue weighted by atomic mass is 79.9. The van der Waals surface area contributed by atoms with Crippen LogP contribution in [-0.2, 0) is 10.0 Å². The van der Waals surface area contributed by atoms with Gasteiger partial charge in [-0.05, 0) is 36.6 Å². The van der Waals surface area contributed by atoms with Crippen LogP contribution in [0.25, 0.3) is 6.08 Å². The number of hydrogen-bond acceptors (Lipinski definition) is 2. The quantitative estimate of drug-likeness (QED) is 0.906. The average molecular weight is 344 g/mol. The Kier molecular flexibility index (Phi) is 5.19. The fourth-order valence-electron chi connectivity index (χ4n) is 2.23. The molecule has 2 rings (SSSR count). The lowest BCUT2D eigenvalue weighted by atomic mass is 9.96. The summed E-state index contributed by atoms with van der Waals surface area (Å²) in [5.74, 6) is 0. The summed E-state index contributed by atoms with van der Waals surface area (Å²) in [7, 11) is -3.33. The van der Waals surface area contributed by atoms with Crippen molar-refractivity contribution in [3.8, 4) is 0 Å². The minimum Gasteiger partial charge on any atom is -0.209 e. The van der Waals surface area contributed by atoms with Crippen LogP contribution >= 0.6 is 15.9 Å². The zero-order valence-corrected chi connectivity index (χ0v) is 13.1. The first kappa shape index (κ1) is 14.8. The summed E-state index contributed by atoms with van der Waals surface area (Å²) in [6, 6.07) is 7.63. The van der Waals surface area contributed by atoms with Gasteiger partial charge >= 0.3 is 0 Å². The van der Waals surface area contributed by atoms with Gasteiger partial charge in [-0.1, -0.05) is 47.3 Å². The maximum absolute atomic E-state index is 11.9. The second kappa shape index (κ2) is 6.68. The molecule has 0 amide bonds. The summed E-state index contributed by atoms with van der Waals surface area (Å²) in [5, 5.41) is 1.25. The fourth-order valence-corrected chi connectivity index (χ4v) is 3.61. The minimum atomic E-state index is -3.33. The Hall–Kier alpha value is -0.650. The van der Waals surface area contributed by atoms with Crippen molar-refractivity contribution >= 4 is 32.0 Å². The van der Waals surface area contributed by atoms with E-state index in [9.17, 15) is 8.42 Å². The summed E-state index contributed by atoms with van der Waals surface area (Å²) in [6.45, 7) is 0. The Morgan fingerprint density at radius 2 is 1.74 bits per heavy atom. The van der Waals surface area contributed by atoms with Crippen LogP contribution in [0.3, 0.4) is 0 Å². The molecule has 1 N–H and O–H groups in total. The summed E-state index contributed by atoms with van der Waals surface area (Å²) >= 11 is 3.35. The first-order valence-corrected chi connectivity index (χ1v) is 8.85. The van der Waals surface area contributed by atoms with Crippen LogP contribution in [0.1, 0.15) is 37.7 Å². The third-order valence-corrected chi connectivity index (χ3v) is 4.93. The molecule has 0 unspecified atom stereocenters. The van der Waals surface area contributed by atoms with Crippen molar-refractivity contribution in [2.75, 3.05) is 0 Å². The SMILES string of the molecule is O=S(=O)(/C=C/c1ccc(Br)cc1)NC1CCCCC1. The van der Waals surface area contributed by atoms with E-state index in [0.29, 0.717) is 0 Å². The highest BCUT2D eigenvalue weighted by molar-refractivity contribution is 9.10. The molecule has 19 heavy (non-hydrogen) atoms. The standard InChI is InChI=1S/C14H18BrNO2S/c15-13-8-6-12(7-9-13)10-11-19(17,18)16-14-4-2-1-3-5-14/h6-11,14,16H,1-5H2/b11-10+. The van der Waals surface area contributed by atoms with Gasteiger partial charge in [0.05, 0.1) is 0 Å². The topological polar surface area (TPSA) is 46.2 Å². The van der Waals surface area contributed by atoms with Crippen molar-refractivity contribution in [2.24, 2.45) is 0 Å². The molecular formula is C14H18BrNO2S. The molecule has 0 aromatic heterocycles. The molecule has 0 aliphatic heterocycles. The summed E-state index contributed by atoms with van der Waals surface area (Å²) < 4.78 is 27.6. The monoisotopic (exact) mass is 343 g/mol. The molecule has 0 atom stereocenters. The number of hydrogen-bond donors (Lipinski definition) is 1. The zero-order chi connectivity index (χ0) is 13.7. The van der Waals surface area contributed by atoms with Gasteiger partial charge in [0, 0.05) is 15.9 Å². The number of halogens is 1. The van der Waals surface area contributed by atoms with Crippen molar-refractivity contribution in [1.82, 2.24) is 4.72 Å². The third kappa shape index (κ3) is 5.09. The summed E-state index contributed by atoms with van der Waals surface area (Å²) in [6.07, 6.45) is 6.97. The smallest absolute Gasteiger partial charge is 0.209 e. The van der Waals surface area contributed by atoms with Crippen LogP contribution in [0.15, 0.2) is 34.1 Å². The normalized spacial score (nSPS) is 17.9. The lowest BCUT2D eigenvalue weighted by Gasteiger charge is -2.21. The molecule has 0 saturated heterocycles. The van der Waals surface area contributed by atoms with Crippen molar-refractivity contribution in [3.63, 3.8) is 0 Å². The highest BCUT2D eigenvalue weighted by Gasteiger charge is 2.17. The Labute approximate surface area is 123 Å². The number of benzene rings is 1. The third-order valence-electron chi connectivity index (χ3n) is 3.25. The first-order valence-electron chi connectivity index (χ1n) is 6.51. The van der Waals surface area contributed by atoms with E-state index in [0.717, 1.165) is 35.7 Å². The van der Waals surface area contributed by atoms with Crippen LogP contribution in [0.4, 0.5) is 0 Å². The van der Waals surface area contributed by atoms with Gasteiger partial charge in [0.2, 0.25) is 10.0 Å². The van der Waals surface area contributed by atoms with Gasteiger partial charge in [-0.2, -0.15) is 0 Å². The molecule has 1 aliphatic rings. The van der Waals surface area contributed by atoms with E-state index in [2.05, 4.69) is 20.7 Å². The summed E-state index contributed by atoms with van der Waals surface area (Å²) in [4.78, 5) is 0. The molecule has 0 heterocycles. The zero-order valence-electron chi connectivity index (χ0n) is 10.7. The predicted molar refractivity (Wildman–Crippen MR) is 82.1 cm³/mol. The van der Waals surface area contributed by atoms with E-state index in [4.69, 9.17) is 0 Å². The number of sulfonamides is 1. The molecule has 1 aliphatic carbocycles. The Bertz CT molecular complexity index is 531. The second-order valence-electron chi connectivity index (χ2n) is 4.85. The van der Waals surface area contributed by atoms with Crippen LogP contribution in [0.5, 0.6) is 0 Å². The molecule has 3 nitrogen and oxygen atoms in total. The summed E-state index contributed by atoms with van der Waals surface area (Å²) in [5.41, 5.74) is 0.872. The van der Waals surface area contributed by atoms with Gasteiger partial charge in [0.25, 0.3) is 0 Å². The molecular weight excluding hydrogens is 326 g/mol. The fraction of sp³-hybridized carbons (Fsp3) is 0.429. The molecule has 0 bridgehead atoms. The van der Waals surface area contributed by atoms with E-state index >= 15 is 0 Å². The second-order valence-corrected chi connectivity index (χ2v) is 7.37. The van der Waals surface area contributed by atoms with E-state index < -0.39 is 10.0 Å². The van der Waals surface area contributed by atoms with Gasteiger partial charge in [0.1, 0.15) is 0 Å². The molecule has 0 spiro atoms. The van der Waals surface area contributed by atoms with E-state index in [1.54, 1.807) is 6.08 Å². The predicted octanol–water partition coefficient (Wildman–Crippen LogP) is 3.67. The largest absolute Gasteiger partial charge is 0.233 e. The van der Waals surface area contributed by atoms with Gasteiger partial charge in [0.15, 0.2) is 0 Å². The number of nitrogens with one attached hydrogen (secondary N) is 1. The lowest BCUT2D eigenvalue weighted by molar-refractivity contribution is 0.413. The van der Waals surface area contributed by atoms with Crippen molar-refractivity contribution in [2.45, 2.75) is 38.1 Å². The minimum absolute atomic E-state index is 0.105. The molecule has 0 radical (unpaired) electrons. The van der Waals surface area contributed by atoms with Gasteiger partial charge < -0.3 is 0 Å². The van der Waals surface area contributed by atoms with Gasteiger partial charge in [-0.15, -0.1) is 0 Å². The van der Waals surface area contributed by atoms with Crippen LogP contribution < -0.4 is 4.72 Å². The van der Waals surface area contributed by atoms with Gasteiger partial charge in [-0.3, -0.25) is 0 Å². The van der Waals surface area contributed by atoms with Crippen LogP contribution in [0.2, 0.25) is 0 Å². The molecule has 1 aromatic rings. The molecule has 104 valence electrons. The van der Waals surface area contributed by atoms with Gasteiger partial charge in [-0.25, -0.2) is 13.1 Å². The number of rotatable bonds is 4. The van der Waals surface area contributed by atoms with Crippen LogP contribution in [-0.4, -0.2) is 14.5 Å². The van der Waals surface area contributed by atoms with Crippen molar-refractivity contribution < 1.29 is 8.42 Å². The highest BCUT2D eigenvalue weighted by Crippen LogP contribution is 2.18. The van der Waals surface area contributed by atoms with Crippen molar-refractivity contribution in [3.05, 3.63) is 39.7 Å². The molecule has 1 saturated carbocycles. The molecule has 1 fully saturated rings. The van der Waals surface area contributed by atoms with Crippen molar-refractivity contribution in [1.29, 1.82) is 0 Å². The Morgan fingerprint density at radius 3 is 2.37 bits per heavy atom.